The monoisotopic (exact) mass is 590 g/mol. The summed E-state index contributed by atoms with van der Waals surface area (Å²) < 4.78 is 51.2. The number of hydrogen-bond donors (Lipinski definition) is 2. The maximum atomic E-state index is 13.5. The zero-order chi connectivity index (χ0) is 29.1. The molecule has 3 atom stereocenters. The highest BCUT2D eigenvalue weighted by Gasteiger charge is 2.45. The zero-order valence-electron chi connectivity index (χ0n) is 23.7. The number of benzene rings is 2. The standard InChI is InChI=1S/C29H42N4O5S2/c1-4-5-6-7-8-15-40(37,38)25-12-9-23(10-13-25)31-29(34)26-17-24(11-14-28(26)32(2)39(3,35)36)33-19-21-16-22(20-33)27(21)18-30/h9-14,17,21-22,27H,4-8,15-16,18-20,30H2,1-3H3,(H,31,34)/t21-,22+,27?. The van der Waals surface area contributed by atoms with Crippen LogP contribution >= 0.6 is 0 Å². The van der Waals surface area contributed by atoms with Gasteiger partial charge in [-0.2, -0.15) is 0 Å². The first-order chi connectivity index (χ1) is 18.9. The Labute approximate surface area is 239 Å². The lowest BCUT2D eigenvalue weighted by atomic mass is 9.61. The van der Waals surface area contributed by atoms with E-state index in [0.29, 0.717) is 36.4 Å². The summed E-state index contributed by atoms with van der Waals surface area (Å²) in [5.74, 6) is 1.24. The van der Waals surface area contributed by atoms with Crippen LogP contribution in [0.5, 0.6) is 0 Å². The number of sulfonamides is 1. The molecule has 2 aromatic carbocycles. The molecule has 2 bridgehead atoms. The second-order valence-corrected chi connectivity index (χ2v) is 15.3. The van der Waals surface area contributed by atoms with Crippen molar-refractivity contribution in [2.24, 2.45) is 23.5 Å². The largest absolute Gasteiger partial charge is 0.371 e. The van der Waals surface area contributed by atoms with Crippen molar-refractivity contribution in [1.82, 2.24) is 0 Å². The SMILES string of the molecule is CCCCCCCS(=O)(=O)c1ccc(NC(=O)c2cc(N3C[C@H]4C[C@@H](C3)C4CN)ccc2N(C)S(C)(=O)=O)cc1. The fourth-order valence-electron chi connectivity index (χ4n) is 5.90. The minimum Gasteiger partial charge on any atom is -0.371 e. The van der Waals surface area contributed by atoms with Gasteiger partial charge in [0.25, 0.3) is 5.91 Å². The number of piperidine rings is 2. The van der Waals surface area contributed by atoms with E-state index in [-0.39, 0.29) is 21.9 Å². The Balaban J connectivity index is 1.51. The van der Waals surface area contributed by atoms with Gasteiger partial charge in [0.2, 0.25) is 10.0 Å². The second-order valence-electron chi connectivity index (χ2n) is 11.2. The Kier molecular flexibility index (Phi) is 9.47. The minimum absolute atomic E-state index is 0.0979. The Morgan fingerprint density at radius 3 is 2.25 bits per heavy atom. The number of amides is 1. The number of carbonyl (C=O) groups is 1. The molecule has 3 aliphatic rings. The molecule has 5 rings (SSSR count). The summed E-state index contributed by atoms with van der Waals surface area (Å²) in [5, 5.41) is 2.82. The first kappa shape index (κ1) is 30.3. The Morgan fingerprint density at radius 2 is 1.65 bits per heavy atom. The number of sulfone groups is 1. The lowest BCUT2D eigenvalue weighted by Gasteiger charge is -2.54. The maximum absolute atomic E-state index is 13.5. The normalized spacial score (nSPS) is 20.6. The summed E-state index contributed by atoms with van der Waals surface area (Å²) in [7, 11) is -5.59. The van der Waals surface area contributed by atoms with Crippen molar-refractivity contribution in [2.75, 3.05) is 53.2 Å². The van der Waals surface area contributed by atoms with Gasteiger partial charge in [-0.15, -0.1) is 0 Å². The molecule has 11 heteroatoms. The molecule has 0 spiro atoms. The van der Waals surface area contributed by atoms with Crippen LogP contribution in [0.1, 0.15) is 55.8 Å². The number of nitrogens with zero attached hydrogens (tertiary/aromatic N) is 2. The predicted molar refractivity (Wildman–Crippen MR) is 161 cm³/mol. The molecule has 2 saturated heterocycles. The zero-order valence-corrected chi connectivity index (χ0v) is 25.3. The molecule has 0 aromatic heterocycles. The summed E-state index contributed by atoms with van der Waals surface area (Å²) in [5.41, 5.74) is 7.73. The summed E-state index contributed by atoms with van der Waals surface area (Å²) in [6.07, 6.45) is 7.01. The molecule has 2 aromatic rings. The molecule has 1 unspecified atom stereocenters. The van der Waals surface area contributed by atoms with Gasteiger partial charge in [0, 0.05) is 31.5 Å². The smallest absolute Gasteiger partial charge is 0.257 e. The number of nitrogens with one attached hydrogen (secondary N) is 1. The third kappa shape index (κ3) is 6.80. The van der Waals surface area contributed by atoms with Crippen LogP contribution in [0, 0.1) is 17.8 Å². The van der Waals surface area contributed by atoms with Crippen molar-refractivity contribution in [3.8, 4) is 0 Å². The highest BCUT2D eigenvalue weighted by atomic mass is 32.2. The summed E-state index contributed by atoms with van der Waals surface area (Å²) in [6.45, 7) is 4.52. The first-order valence-electron chi connectivity index (χ1n) is 14.1. The van der Waals surface area contributed by atoms with Gasteiger partial charge in [-0.25, -0.2) is 16.8 Å². The molecule has 1 aliphatic carbocycles. The van der Waals surface area contributed by atoms with Crippen LogP contribution in [0.4, 0.5) is 17.1 Å². The molecule has 0 radical (unpaired) electrons. The van der Waals surface area contributed by atoms with E-state index in [1.807, 2.05) is 6.07 Å². The predicted octanol–water partition coefficient (Wildman–Crippen LogP) is 4.11. The lowest BCUT2D eigenvalue weighted by molar-refractivity contribution is 0.0556. The molecule has 2 heterocycles. The van der Waals surface area contributed by atoms with Gasteiger partial charge in [-0.05, 0) is 79.6 Å². The summed E-state index contributed by atoms with van der Waals surface area (Å²) >= 11 is 0. The average Bonchev–Trinajstić information content (AvgIpc) is 2.92. The lowest BCUT2D eigenvalue weighted by Crippen LogP contribution is -2.57. The van der Waals surface area contributed by atoms with Gasteiger partial charge in [-0.1, -0.05) is 32.6 Å². The number of fused-ring (bicyclic) bond motifs is 2. The van der Waals surface area contributed by atoms with Gasteiger partial charge >= 0.3 is 0 Å². The van der Waals surface area contributed by atoms with Crippen molar-refractivity contribution in [3.05, 3.63) is 48.0 Å². The third-order valence-corrected chi connectivity index (χ3v) is 11.4. The first-order valence-corrected chi connectivity index (χ1v) is 17.6. The fourth-order valence-corrected chi connectivity index (χ4v) is 7.78. The highest BCUT2D eigenvalue weighted by Crippen LogP contribution is 2.46. The van der Waals surface area contributed by atoms with E-state index in [1.165, 1.54) is 25.6 Å². The van der Waals surface area contributed by atoms with Crippen LogP contribution in [0.15, 0.2) is 47.4 Å². The molecule has 40 heavy (non-hydrogen) atoms. The van der Waals surface area contributed by atoms with E-state index >= 15 is 0 Å². The number of carbonyl (C=O) groups excluding carboxylic acids is 1. The van der Waals surface area contributed by atoms with Crippen molar-refractivity contribution in [2.45, 2.75) is 50.3 Å². The van der Waals surface area contributed by atoms with E-state index < -0.39 is 25.8 Å². The van der Waals surface area contributed by atoms with Gasteiger partial charge in [-0.3, -0.25) is 9.10 Å². The molecular weight excluding hydrogens is 548 g/mol. The quantitative estimate of drug-likeness (QED) is 0.336. The third-order valence-electron chi connectivity index (χ3n) is 8.41. The van der Waals surface area contributed by atoms with Crippen molar-refractivity contribution in [1.29, 1.82) is 0 Å². The van der Waals surface area contributed by atoms with Crippen LogP contribution in [0.25, 0.3) is 0 Å². The van der Waals surface area contributed by atoms with Crippen LogP contribution in [0.2, 0.25) is 0 Å². The number of nitrogens with two attached hydrogens (primary N) is 1. The molecule has 3 N–H and O–H groups in total. The van der Waals surface area contributed by atoms with Crippen molar-refractivity contribution >= 4 is 42.8 Å². The summed E-state index contributed by atoms with van der Waals surface area (Å²) in [6, 6.07) is 11.4. The van der Waals surface area contributed by atoms with Crippen molar-refractivity contribution in [3.63, 3.8) is 0 Å². The Morgan fingerprint density at radius 1 is 1.00 bits per heavy atom. The van der Waals surface area contributed by atoms with Gasteiger partial charge < -0.3 is 16.0 Å². The van der Waals surface area contributed by atoms with Crippen LogP contribution in [-0.2, 0) is 19.9 Å². The molecule has 1 saturated carbocycles. The minimum atomic E-state index is -3.61. The van der Waals surface area contributed by atoms with Gasteiger partial charge in [0.15, 0.2) is 9.84 Å². The molecule has 1 amide bonds. The molecular formula is C29H42N4O5S2. The second kappa shape index (κ2) is 12.5. The number of hydrogen-bond acceptors (Lipinski definition) is 7. The Hall–Kier alpha value is -2.63. The fraction of sp³-hybridized carbons (Fsp3) is 0.552. The Bertz CT molecular complexity index is 1400. The van der Waals surface area contributed by atoms with Gasteiger partial charge in [0.1, 0.15) is 0 Å². The van der Waals surface area contributed by atoms with E-state index in [1.54, 1.807) is 24.3 Å². The highest BCUT2D eigenvalue weighted by molar-refractivity contribution is 7.92. The molecule has 220 valence electrons. The van der Waals surface area contributed by atoms with Crippen LogP contribution < -0.4 is 20.3 Å². The number of anilines is 3. The van der Waals surface area contributed by atoms with E-state index in [9.17, 15) is 21.6 Å². The topological polar surface area (TPSA) is 130 Å². The van der Waals surface area contributed by atoms with Gasteiger partial charge in [0.05, 0.1) is 28.2 Å². The molecule has 2 aliphatic heterocycles. The van der Waals surface area contributed by atoms with Crippen molar-refractivity contribution < 1.29 is 21.6 Å². The average molecular weight is 591 g/mol. The maximum Gasteiger partial charge on any atom is 0.257 e. The molecule has 3 fully saturated rings. The van der Waals surface area contributed by atoms with E-state index in [2.05, 4.69) is 17.1 Å². The van der Waals surface area contributed by atoms with Crippen LogP contribution in [0.3, 0.4) is 0 Å². The van der Waals surface area contributed by atoms with E-state index in [4.69, 9.17) is 5.73 Å². The van der Waals surface area contributed by atoms with Crippen LogP contribution in [-0.4, -0.2) is 61.4 Å². The van der Waals surface area contributed by atoms with E-state index in [0.717, 1.165) is 55.0 Å². The number of unbranched alkanes of at least 4 members (excludes halogenated alkanes) is 4. The summed E-state index contributed by atoms with van der Waals surface area (Å²) in [4.78, 5) is 16.0. The number of rotatable bonds is 13. The molecule has 9 nitrogen and oxygen atoms in total.